The van der Waals surface area contributed by atoms with E-state index < -0.39 is 0 Å². The molecular weight excluding hydrogens is 246 g/mol. The van der Waals surface area contributed by atoms with Crippen LogP contribution in [0.25, 0.3) is 0 Å². The van der Waals surface area contributed by atoms with Crippen LogP contribution in [-0.4, -0.2) is 40.0 Å². The second kappa shape index (κ2) is 5.65. The average molecular weight is 265 g/mol. The van der Waals surface area contributed by atoms with Gasteiger partial charge in [0.25, 0.3) is 5.91 Å². The van der Waals surface area contributed by atoms with E-state index in [9.17, 15) is 9.90 Å². The number of aromatic hydroxyl groups is 1. The molecule has 1 saturated heterocycles. The summed E-state index contributed by atoms with van der Waals surface area (Å²) >= 11 is 1.93. The SMILES string of the molecule is CCC1CN(C(=O)c2cc(C)ccc2O)CCS1. The molecule has 0 saturated carbocycles. The first-order valence-corrected chi connectivity index (χ1v) is 7.37. The van der Waals surface area contributed by atoms with Crippen LogP contribution in [0.2, 0.25) is 0 Å². The summed E-state index contributed by atoms with van der Waals surface area (Å²) in [5.74, 6) is 1.02. The molecule has 1 atom stereocenters. The monoisotopic (exact) mass is 265 g/mol. The Morgan fingerprint density at radius 3 is 3.06 bits per heavy atom. The number of benzene rings is 1. The van der Waals surface area contributed by atoms with Crippen molar-refractivity contribution in [2.75, 3.05) is 18.8 Å². The maximum atomic E-state index is 12.4. The number of hydrogen-bond acceptors (Lipinski definition) is 3. The minimum atomic E-state index is -0.0463. The lowest BCUT2D eigenvalue weighted by Gasteiger charge is -2.32. The third-order valence-electron chi connectivity index (χ3n) is 3.26. The van der Waals surface area contributed by atoms with E-state index in [1.807, 2.05) is 29.7 Å². The molecule has 1 heterocycles. The van der Waals surface area contributed by atoms with Gasteiger partial charge in [0.1, 0.15) is 5.75 Å². The van der Waals surface area contributed by atoms with E-state index in [0.717, 1.165) is 30.8 Å². The minimum Gasteiger partial charge on any atom is -0.507 e. The predicted molar refractivity (Wildman–Crippen MR) is 75.3 cm³/mol. The molecule has 0 radical (unpaired) electrons. The van der Waals surface area contributed by atoms with E-state index in [1.165, 1.54) is 0 Å². The van der Waals surface area contributed by atoms with Gasteiger partial charge in [-0.3, -0.25) is 4.79 Å². The van der Waals surface area contributed by atoms with Crippen molar-refractivity contribution in [3.05, 3.63) is 29.3 Å². The lowest BCUT2D eigenvalue weighted by Crippen LogP contribution is -2.41. The van der Waals surface area contributed by atoms with Gasteiger partial charge < -0.3 is 10.0 Å². The van der Waals surface area contributed by atoms with Crippen LogP contribution in [0.4, 0.5) is 0 Å². The molecule has 3 nitrogen and oxygen atoms in total. The van der Waals surface area contributed by atoms with E-state index in [2.05, 4.69) is 6.92 Å². The molecular formula is C14H19NO2S. The maximum absolute atomic E-state index is 12.4. The number of phenolic OH excluding ortho intramolecular Hbond substituents is 1. The summed E-state index contributed by atoms with van der Waals surface area (Å²) < 4.78 is 0. The number of carbonyl (C=O) groups is 1. The van der Waals surface area contributed by atoms with Crippen molar-refractivity contribution in [3.8, 4) is 5.75 Å². The number of phenols is 1. The summed E-state index contributed by atoms with van der Waals surface area (Å²) in [6.07, 6.45) is 1.08. The molecule has 1 aromatic rings. The zero-order valence-corrected chi connectivity index (χ0v) is 11.7. The summed E-state index contributed by atoms with van der Waals surface area (Å²) in [5.41, 5.74) is 1.42. The number of carbonyl (C=O) groups excluding carboxylic acids is 1. The first kappa shape index (κ1) is 13.3. The number of rotatable bonds is 2. The fourth-order valence-electron chi connectivity index (χ4n) is 2.14. The van der Waals surface area contributed by atoms with Crippen LogP contribution in [0.1, 0.15) is 29.3 Å². The van der Waals surface area contributed by atoms with Gasteiger partial charge in [0.15, 0.2) is 0 Å². The summed E-state index contributed by atoms with van der Waals surface area (Å²) in [7, 11) is 0. The zero-order valence-electron chi connectivity index (χ0n) is 10.8. The third kappa shape index (κ3) is 2.80. The van der Waals surface area contributed by atoms with Gasteiger partial charge in [-0.1, -0.05) is 18.6 Å². The summed E-state index contributed by atoms with van der Waals surface area (Å²) in [5, 5.41) is 10.3. The van der Waals surface area contributed by atoms with Gasteiger partial charge in [-0.15, -0.1) is 0 Å². The average Bonchev–Trinajstić information content (AvgIpc) is 2.41. The van der Waals surface area contributed by atoms with E-state index in [0.29, 0.717) is 10.8 Å². The topological polar surface area (TPSA) is 40.5 Å². The van der Waals surface area contributed by atoms with Crippen LogP contribution in [0.15, 0.2) is 18.2 Å². The predicted octanol–water partition coefficient (Wildman–Crippen LogP) is 2.67. The Kier molecular flexibility index (Phi) is 4.17. The zero-order chi connectivity index (χ0) is 13.1. The van der Waals surface area contributed by atoms with Gasteiger partial charge in [-0.25, -0.2) is 0 Å². The van der Waals surface area contributed by atoms with Crippen LogP contribution in [0.5, 0.6) is 5.75 Å². The fraction of sp³-hybridized carbons (Fsp3) is 0.500. The van der Waals surface area contributed by atoms with Gasteiger partial charge in [-0.2, -0.15) is 11.8 Å². The maximum Gasteiger partial charge on any atom is 0.257 e. The molecule has 1 fully saturated rings. The van der Waals surface area contributed by atoms with Crippen LogP contribution in [0.3, 0.4) is 0 Å². The molecule has 98 valence electrons. The third-order valence-corrected chi connectivity index (χ3v) is 4.64. The van der Waals surface area contributed by atoms with Crippen molar-refractivity contribution >= 4 is 17.7 Å². The van der Waals surface area contributed by atoms with Crippen LogP contribution < -0.4 is 0 Å². The van der Waals surface area contributed by atoms with Gasteiger partial charge >= 0.3 is 0 Å². The Morgan fingerprint density at radius 1 is 1.56 bits per heavy atom. The molecule has 1 aliphatic rings. The number of amides is 1. The minimum absolute atomic E-state index is 0.0463. The summed E-state index contributed by atoms with van der Waals surface area (Å²) in [4.78, 5) is 14.3. The summed E-state index contributed by atoms with van der Waals surface area (Å²) in [6.45, 7) is 5.63. The quantitative estimate of drug-likeness (QED) is 0.893. The fourth-order valence-corrected chi connectivity index (χ4v) is 3.32. The number of hydrogen-bond donors (Lipinski definition) is 1. The van der Waals surface area contributed by atoms with Crippen molar-refractivity contribution < 1.29 is 9.90 Å². The normalized spacial score (nSPS) is 19.9. The van der Waals surface area contributed by atoms with Crippen LogP contribution in [-0.2, 0) is 0 Å². The second-order valence-electron chi connectivity index (χ2n) is 4.67. The molecule has 2 rings (SSSR count). The van der Waals surface area contributed by atoms with E-state index in [4.69, 9.17) is 0 Å². The van der Waals surface area contributed by atoms with E-state index in [1.54, 1.807) is 12.1 Å². The lowest BCUT2D eigenvalue weighted by molar-refractivity contribution is 0.0758. The highest BCUT2D eigenvalue weighted by Crippen LogP contribution is 2.25. The summed E-state index contributed by atoms with van der Waals surface area (Å²) in [6, 6.07) is 5.17. The van der Waals surface area contributed by atoms with Gasteiger partial charge in [-0.05, 0) is 25.5 Å². The Hall–Kier alpha value is -1.16. The van der Waals surface area contributed by atoms with E-state index >= 15 is 0 Å². The highest BCUT2D eigenvalue weighted by atomic mass is 32.2. The molecule has 1 amide bonds. The molecule has 18 heavy (non-hydrogen) atoms. The van der Waals surface area contributed by atoms with Gasteiger partial charge in [0.2, 0.25) is 0 Å². The van der Waals surface area contributed by atoms with Crippen LogP contribution in [0, 0.1) is 6.92 Å². The van der Waals surface area contributed by atoms with Crippen molar-refractivity contribution in [1.82, 2.24) is 4.90 Å². The molecule has 1 aliphatic heterocycles. The first-order valence-electron chi connectivity index (χ1n) is 6.32. The Labute approximate surface area is 112 Å². The molecule has 1 unspecified atom stereocenters. The number of nitrogens with zero attached hydrogens (tertiary/aromatic N) is 1. The highest BCUT2D eigenvalue weighted by molar-refractivity contribution is 8.00. The molecule has 0 aliphatic carbocycles. The van der Waals surface area contributed by atoms with Gasteiger partial charge in [0.05, 0.1) is 5.56 Å². The van der Waals surface area contributed by atoms with Crippen molar-refractivity contribution in [2.45, 2.75) is 25.5 Å². The van der Waals surface area contributed by atoms with Crippen LogP contribution >= 0.6 is 11.8 Å². The van der Waals surface area contributed by atoms with Crippen molar-refractivity contribution in [2.24, 2.45) is 0 Å². The first-order chi connectivity index (χ1) is 8.61. The second-order valence-corrected chi connectivity index (χ2v) is 6.08. The molecule has 0 bridgehead atoms. The van der Waals surface area contributed by atoms with Gasteiger partial charge in [0, 0.05) is 24.1 Å². The lowest BCUT2D eigenvalue weighted by atomic mass is 10.1. The molecule has 1 N–H and O–H groups in total. The molecule has 0 aromatic heterocycles. The molecule has 0 spiro atoms. The standard InChI is InChI=1S/C14H19NO2S/c1-3-11-9-15(6-7-18-11)14(17)12-8-10(2)4-5-13(12)16/h4-5,8,11,16H,3,6-7,9H2,1-2H3. The Morgan fingerprint density at radius 2 is 2.33 bits per heavy atom. The number of aryl methyl sites for hydroxylation is 1. The molecule has 1 aromatic carbocycles. The van der Waals surface area contributed by atoms with E-state index in [-0.39, 0.29) is 11.7 Å². The van der Waals surface area contributed by atoms with Crippen molar-refractivity contribution in [1.29, 1.82) is 0 Å². The van der Waals surface area contributed by atoms with Crippen molar-refractivity contribution in [3.63, 3.8) is 0 Å². The Bertz CT molecular complexity index is 447. The smallest absolute Gasteiger partial charge is 0.257 e. The largest absolute Gasteiger partial charge is 0.507 e. The molecule has 4 heteroatoms. The number of thioether (sulfide) groups is 1. The highest BCUT2D eigenvalue weighted by Gasteiger charge is 2.25. The Balaban J connectivity index is 2.17.